The third kappa shape index (κ3) is 3.98. The van der Waals surface area contributed by atoms with Gasteiger partial charge in [-0.15, -0.1) is 11.3 Å². The van der Waals surface area contributed by atoms with Crippen molar-refractivity contribution in [3.63, 3.8) is 0 Å². The minimum Gasteiger partial charge on any atom is -0.492 e. The van der Waals surface area contributed by atoms with E-state index < -0.39 is 23.3 Å². The van der Waals surface area contributed by atoms with Gasteiger partial charge in [-0.3, -0.25) is 0 Å². The molecule has 1 N–H and O–H groups in total. The highest BCUT2D eigenvalue weighted by Crippen LogP contribution is 2.32. The molecule has 21 heavy (non-hydrogen) atoms. The van der Waals surface area contributed by atoms with E-state index in [1.807, 2.05) is 17.5 Å². The van der Waals surface area contributed by atoms with Crippen molar-refractivity contribution in [2.24, 2.45) is 0 Å². The van der Waals surface area contributed by atoms with Gasteiger partial charge in [0.1, 0.15) is 11.3 Å². The van der Waals surface area contributed by atoms with E-state index in [9.17, 15) is 18.0 Å². The third-order valence-corrected chi connectivity index (χ3v) is 3.66. The Morgan fingerprint density at radius 1 is 1.29 bits per heavy atom. The van der Waals surface area contributed by atoms with Gasteiger partial charge in [-0.1, -0.05) is 6.07 Å². The summed E-state index contributed by atoms with van der Waals surface area (Å²) in [5.74, 6) is -1.51. The highest BCUT2D eigenvalue weighted by atomic mass is 32.1. The number of alkyl halides is 3. The number of carboxylic acid groups (broad SMARTS) is 1. The van der Waals surface area contributed by atoms with Gasteiger partial charge in [0.2, 0.25) is 0 Å². The molecular formula is C14H11F3O3S. The van der Waals surface area contributed by atoms with Crippen LogP contribution in [0, 0.1) is 0 Å². The highest BCUT2D eigenvalue weighted by Gasteiger charge is 2.32. The topological polar surface area (TPSA) is 46.5 Å². The Morgan fingerprint density at radius 3 is 2.62 bits per heavy atom. The summed E-state index contributed by atoms with van der Waals surface area (Å²) in [7, 11) is 0. The van der Waals surface area contributed by atoms with E-state index in [2.05, 4.69) is 0 Å². The first-order valence-corrected chi connectivity index (χ1v) is 6.85. The van der Waals surface area contributed by atoms with Crippen molar-refractivity contribution in [2.75, 3.05) is 6.61 Å². The lowest BCUT2D eigenvalue weighted by atomic mass is 10.1. The van der Waals surface area contributed by atoms with Gasteiger partial charge in [0.25, 0.3) is 0 Å². The van der Waals surface area contributed by atoms with Crippen molar-refractivity contribution in [1.82, 2.24) is 0 Å². The summed E-state index contributed by atoms with van der Waals surface area (Å²) in [4.78, 5) is 12.1. The zero-order valence-electron chi connectivity index (χ0n) is 10.7. The molecule has 0 bridgehead atoms. The fourth-order valence-corrected chi connectivity index (χ4v) is 2.41. The molecule has 7 heteroatoms. The van der Waals surface area contributed by atoms with Gasteiger partial charge in [-0.25, -0.2) is 4.79 Å². The average molecular weight is 316 g/mol. The molecule has 0 fully saturated rings. The third-order valence-electron chi connectivity index (χ3n) is 2.72. The van der Waals surface area contributed by atoms with Crippen LogP contribution in [-0.4, -0.2) is 17.7 Å². The number of thiophene rings is 1. The van der Waals surface area contributed by atoms with Crippen molar-refractivity contribution in [1.29, 1.82) is 0 Å². The first-order chi connectivity index (χ1) is 9.88. The number of hydrogen-bond acceptors (Lipinski definition) is 3. The number of rotatable bonds is 5. The van der Waals surface area contributed by atoms with Crippen LogP contribution in [-0.2, 0) is 12.6 Å². The molecule has 0 aliphatic heterocycles. The summed E-state index contributed by atoms with van der Waals surface area (Å²) in [5.41, 5.74) is -1.50. The molecule has 1 heterocycles. The number of benzene rings is 1. The zero-order valence-corrected chi connectivity index (χ0v) is 11.5. The molecule has 2 aromatic rings. The second kappa shape index (κ2) is 6.17. The Kier molecular flexibility index (Phi) is 4.52. The lowest BCUT2D eigenvalue weighted by Crippen LogP contribution is -2.10. The van der Waals surface area contributed by atoms with E-state index >= 15 is 0 Å². The minimum absolute atomic E-state index is 0.0629. The quantitative estimate of drug-likeness (QED) is 0.904. The second-order valence-corrected chi connectivity index (χ2v) is 5.22. The predicted molar refractivity (Wildman–Crippen MR) is 71.9 cm³/mol. The Morgan fingerprint density at radius 2 is 2.05 bits per heavy atom. The monoisotopic (exact) mass is 316 g/mol. The maximum absolute atomic E-state index is 12.6. The Hall–Kier alpha value is -2.02. The molecule has 112 valence electrons. The molecule has 0 aliphatic rings. The van der Waals surface area contributed by atoms with Crippen LogP contribution >= 0.6 is 11.3 Å². The lowest BCUT2D eigenvalue weighted by molar-refractivity contribution is -0.137. The first kappa shape index (κ1) is 15.4. The molecule has 1 aromatic carbocycles. The van der Waals surface area contributed by atoms with E-state index in [1.165, 1.54) is 11.3 Å². The molecule has 0 saturated heterocycles. The molecule has 0 amide bonds. The maximum Gasteiger partial charge on any atom is 0.416 e. The van der Waals surface area contributed by atoms with Crippen LogP contribution in [0.5, 0.6) is 5.75 Å². The maximum atomic E-state index is 12.6. The molecular weight excluding hydrogens is 305 g/mol. The van der Waals surface area contributed by atoms with Gasteiger partial charge < -0.3 is 9.84 Å². The fraction of sp³-hybridized carbons (Fsp3) is 0.214. The molecule has 0 atom stereocenters. The minimum atomic E-state index is -4.58. The molecule has 0 radical (unpaired) electrons. The Balaban J connectivity index is 2.13. The number of carbonyl (C=O) groups is 1. The fourth-order valence-electron chi connectivity index (χ4n) is 1.72. The van der Waals surface area contributed by atoms with Crippen molar-refractivity contribution in [3.8, 4) is 5.75 Å². The van der Waals surface area contributed by atoms with Gasteiger partial charge in [0.05, 0.1) is 12.2 Å². The van der Waals surface area contributed by atoms with E-state index in [1.54, 1.807) is 0 Å². The summed E-state index contributed by atoms with van der Waals surface area (Å²) in [6, 6.07) is 6.22. The number of halogens is 3. The van der Waals surface area contributed by atoms with Crippen LogP contribution in [0.2, 0.25) is 0 Å². The van der Waals surface area contributed by atoms with Crippen LogP contribution in [0.25, 0.3) is 0 Å². The smallest absolute Gasteiger partial charge is 0.416 e. The molecule has 3 nitrogen and oxygen atoms in total. The predicted octanol–water partition coefficient (Wildman–Crippen LogP) is 4.09. The summed E-state index contributed by atoms with van der Waals surface area (Å²) in [6.45, 7) is 0.201. The van der Waals surface area contributed by atoms with E-state index in [4.69, 9.17) is 9.84 Å². The second-order valence-electron chi connectivity index (χ2n) is 4.19. The molecule has 0 spiro atoms. The van der Waals surface area contributed by atoms with Crippen LogP contribution in [0.15, 0.2) is 35.7 Å². The standard InChI is InChI=1S/C14H11F3O3S/c15-14(16,17)9-3-4-12(11(8-9)13(18)19)20-6-5-10-2-1-7-21-10/h1-4,7-8H,5-6H2,(H,18,19). The van der Waals surface area contributed by atoms with Gasteiger partial charge in [-0.05, 0) is 29.6 Å². The number of carboxylic acids is 1. The molecule has 2 rings (SSSR count). The van der Waals surface area contributed by atoms with Gasteiger partial charge in [0, 0.05) is 11.3 Å². The summed E-state index contributed by atoms with van der Waals surface area (Å²) >= 11 is 1.53. The highest BCUT2D eigenvalue weighted by molar-refractivity contribution is 7.09. The zero-order chi connectivity index (χ0) is 15.5. The van der Waals surface area contributed by atoms with Crippen LogP contribution in [0.4, 0.5) is 13.2 Å². The van der Waals surface area contributed by atoms with Gasteiger partial charge in [-0.2, -0.15) is 13.2 Å². The first-order valence-electron chi connectivity index (χ1n) is 5.97. The van der Waals surface area contributed by atoms with Gasteiger partial charge >= 0.3 is 12.1 Å². The van der Waals surface area contributed by atoms with Gasteiger partial charge in [0.15, 0.2) is 0 Å². The Bertz CT molecular complexity index is 621. The number of hydrogen-bond donors (Lipinski definition) is 1. The van der Waals surface area contributed by atoms with Crippen molar-refractivity contribution in [2.45, 2.75) is 12.6 Å². The van der Waals surface area contributed by atoms with Crippen LogP contribution in [0.1, 0.15) is 20.8 Å². The molecule has 0 aliphatic carbocycles. The van der Waals surface area contributed by atoms with Crippen molar-refractivity contribution < 1.29 is 27.8 Å². The summed E-state index contributed by atoms with van der Waals surface area (Å²) in [5, 5.41) is 10.9. The van der Waals surface area contributed by atoms with E-state index in [-0.39, 0.29) is 12.4 Å². The van der Waals surface area contributed by atoms with E-state index in [0.29, 0.717) is 12.5 Å². The Labute approximate surface area is 122 Å². The summed E-state index contributed by atoms with van der Waals surface area (Å²) < 4.78 is 43.0. The molecule has 1 aromatic heterocycles. The normalized spacial score (nSPS) is 11.4. The largest absolute Gasteiger partial charge is 0.492 e. The average Bonchev–Trinajstić information content (AvgIpc) is 2.90. The van der Waals surface area contributed by atoms with Crippen LogP contribution in [0.3, 0.4) is 0 Å². The van der Waals surface area contributed by atoms with Crippen molar-refractivity contribution in [3.05, 3.63) is 51.7 Å². The summed E-state index contributed by atoms with van der Waals surface area (Å²) in [6.07, 6.45) is -4.02. The van der Waals surface area contributed by atoms with E-state index in [0.717, 1.165) is 17.0 Å². The van der Waals surface area contributed by atoms with Crippen LogP contribution < -0.4 is 4.74 Å². The molecule has 0 saturated carbocycles. The number of ether oxygens (including phenoxy) is 1. The lowest BCUT2D eigenvalue weighted by Gasteiger charge is -2.12. The van der Waals surface area contributed by atoms with Crippen molar-refractivity contribution >= 4 is 17.3 Å². The SMILES string of the molecule is O=C(O)c1cc(C(F)(F)F)ccc1OCCc1cccs1. The molecule has 0 unspecified atom stereocenters. The number of aromatic carboxylic acids is 1.